The Hall–Kier alpha value is -1.20. The summed E-state index contributed by atoms with van der Waals surface area (Å²) in [5.74, 6) is -1.36. The van der Waals surface area contributed by atoms with Crippen LogP contribution in [-0.2, 0) is 5.41 Å². The van der Waals surface area contributed by atoms with Crippen molar-refractivity contribution in [2.24, 2.45) is 0 Å². The maximum absolute atomic E-state index is 13.5. The number of nitrogens with zero attached hydrogens (tertiary/aromatic N) is 1. The molecule has 1 fully saturated rings. The van der Waals surface area contributed by atoms with Gasteiger partial charge in [0.25, 0.3) is 0 Å². The quantitative estimate of drug-likeness (QED) is 0.721. The Morgan fingerprint density at radius 2 is 1.80 bits per heavy atom. The van der Waals surface area contributed by atoms with Crippen LogP contribution in [0.15, 0.2) is 12.1 Å². The summed E-state index contributed by atoms with van der Waals surface area (Å²) in [6, 6.07) is 2.16. The molecule has 1 aliphatic rings. The van der Waals surface area contributed by atoms with E-state index < -0.39 is 17.0 Å². The Kier molecular flexibility index (Phi) is 2.17. The number of nitrogen functional groups attached to an aromatic ring is 1. The van der Waals surface area contributed by atoms with Crippen molar-refractivity contribution in [3.63, 3.8) is 0 Å². The van der Waals surface area contributed by atoms with E-state index in [-0.39, 0.29) is 24.3 Å². The van der Waals surface area contributed by atoms with Gasteiger partial charge in [-0.05, 0) is 25.2 Å². The van der Waals surface area contributed by atoms with E-state index in [1.807, 2.05) is 0 Å². The Morgan fingerprint density at radius 3 is 2.20 bits per heavy atom. The first-order valence-corrected chi connectivity index (χ1v) is 4.59. The monoisotopic (exact) mass is 213 g/mol. The SMILES string of the molecule is CC1(c2c(F)cc(N)cc2F)CN([O-])C1. The van der Waals surface area contributed by atoms with Gasteiger partial charge in [0.1, 0.15) is 11.6 Å². The molecule has 0 atom stereocenters. The molecule has 1 heterocycles. The lowest BCUT2D eigenvalue weighted by Gasteiger charge is -2.52. The van der Waals surface area contributed by atoms with Gasteiger partial charge in [0.15, 0.2) is 0 Å². The summed E-state index contributed by atoms with van der Waals surface area (Å²) < 4.78 is 27.0. The number of hydroxylamine groups is 2. The Labute approximate surface area is 86.1 Å². The van der Waals surface area contributed by atoms with Gasteiger partial charge in [-0.2, -0.15) is 0 Å². The molecule has 1 saturated heterocycles. The second kappa shape index (κ2) is 3.15. The number of hydrogen-bond acceptors (Lipinski definition) is 3. The topological polar surface area (TPSA) is 52.3 Å². The number of halogens is 2. The summed E-state index contributed by atoms with van der Waals surface area (Å²) in [5, 5.41) is 11.6. The standard InChI is InChI=1S/C10H11F2N2O/c1-10(4-14(15)5-10)9-7(11)2-6(13)3-8(9)12/h2-3H,4-5,13H2,1H3/q-1. The smallest absolute Gasteiger partial charge is 0.132 e. The number of benzene rings is 1. The molecule has 82 valence electrons. The molecule has 2 rings (SSSR count). The third-order valence-electron chi connectivity index (χ3n) is 2.72. The molecule has 1 aliphatic heterocycles. The van der Waals surface area contributed by atoms with Crippen molar-refractivity contribution in [1.29, 1.82) is 0 Å². The van der Waals surface area contributed by atoms with Crippen LogP contribution in [0.3, 0.4) is 0 Å². The van der Waals surface area contributed by atoms with E-state index in [4.69, 9.17) is 5.73 Å². The van der Waals surface area contributed by atoms with Gasteiger partial charge in [0.2, 0.25) is 0 Å². The van der Waals surface area contributed by atoms with Crippen molar-refractivity contribution in [2.45, 2.75) is 12.3 Å². The normalized spacial score (nSPS) is 20.0. The van der Waals surface area contributed by atoms with Gasteiger partial charge in [-0.3, -0.25) is 0 Å². The van der Waals surface area contributed by atoms with Crippen LogP contribution in [0.25, 0.3) is 0 Å². The van der Waals surface area contributed by atoms with Crippen LogP contribution in [0.2, 0.25) is 0 Å². The van der Waals surface area contributed by atoms with Crippen LogP contribution in [0.4, 0.5) is 14.5 Å². The minimum Gasteiger partial charge on any atom is -0.785 e. The van der Waals surface area contributed by atoms with Crippen molar-refractivity contribution in [1.82, 2.24) is 5.06 Å². The van der Waals surface area contributed by atoms with Gasteiger partial charge in [-0.25, -0.2) is 8.78 Å². The molecule has 0 spiro atoms. The first-order chi connectivity index (χ1) is 6.92. The predicted molar refractivity (Wildman–Crippen MR) is 53.1 cm³/mol. The number of rotatable bonds is 1. The van der Waals surface area contributed by atoms with E-state index >= 15 is 0 Å². The molecule has 1 aromatic carbocycles. The summed E-state index contributed by atoms with van der Waals surface area (Å²) in [6.45, 7) is 1.90. The summed E-state index contributed by atoms with van der Waals surface area (Å²) in [5.41, 5.74) is 4.59. The second-order valence-electron chi connectivity index (χ2n) is 4.22. The molecule has 0 aromatic heterocycles. The largest absolute Gasteiger partial charge is 0.785 e. The summed E-state index contributed by atoms with van der Waals surface area (Å²) in [7, 11) is 0. The van der Waals surface area contributed by atoms with Gasteiger partial charge in [-0.1, -0.05) is 6.92 Å². The molecule has 0 saturated carbocycles. The zero-order valence-electron chi connectivity index (χ0n) is 8.26. The third kappa shape index (κ3) is 1.57. The molecule has 0 unspecified atom stereocenters. The Balaban J connectivity index is 2.45. The van der Waals surface area contributed by atoms with Gasteiger partial charge >= 0.3 is 0 Å². The van der Waals surface area contributed by atoms with Crippen LogP contribution < -0.4 is 5.73 Å². The van der Waals surface area contributed by atoms with Gasteiger partial charge < -0.3 is 16.0 Å². The van der Waals surface area contributed by atoms with Gasteiger partial charge in [-0.15, -0.1) is 0 Å². The van der Waals surface area contributed by atoms with Crippen LogP contribution in [0, 0.1) is 16.8 Å². The maximum atomic E-state index is 13.5. The fourth-order valence-corrected chi connectivity index (χ4v) is 2.06. The Morgan fingerprint density at radius 1 is 1.33 bits per heavy atom. The number of nitrogens with two attached hydrogens (primary N) is 1. The van der Waals surface area contributed by atoms with E-state index in [0.29, 0.717) is 0 Å². The second-order valence-corrected chi connectivity index (χ2v) is 4.22. The molecule has 0 radical (unpaired) electrons. The lowest BCUT2D eigenvalue weighted by Crippen LogP contribution is -2.55. The molecule has 15 heavy (non-hydrogen) atoms. The van der Waals surface area contributed by atoms with Gasteiger partial charge in [0, 0.05) is 16.7 Å². The molecule has 0 aliphatic carbocycles. The fraction of sp³-hybridized carbons (Fsp3) is 0.400. The van der Waals surface area contributed by atoms with Crippen molar-refractivity contribution < 1.29 is 8.78 Å². The average Bonchev–Trinajstić information content (AvgIpc) is 1.98. The van der Waals surface area contributed by atoms with E-state index in [0.717, 1.165) is 17.2 Å². The molecular formula is C10H11F2N2O-. The molecule has 0 bridgehead atoms. The minimum atomic E-state index is -0.733. The van der Waals surface area contributed by atoms with Crippen molar-refractivity contribution in [2.75, 3.05) is 18.8 Å². The molecule has 0 amide bonds. The first kappa shape index (κ1) is 10.3. The molecule has 3 nitrogen and oxygen atoms in total. The predicted octanol–water partition coefficient (Wildman–Crippen LogP) is 1.62. The molecule has 5 heteroatoms. The summed E-state index contributed by atoms with van der Waals surface area (Å²) >= 11 is 0. The highest BCUT2D eigenvalue weighted by Gasteiger charge is 2.39. The molecule has 1 aromatic rings. The lowest BCUT2D eigenvalue weighted by molar-refractivity contribution is 0.126. The van der Waals surface area contributed by atoms with Gasteiger partial charge in [0.05, 0.1) is 0 Å². The van der Waals surface area contributed by atoms with Crippen LogP contribution in [0.1, 0.15) is 12.5 Å². The minimum absolute atomic E-state index is 0.0381. The maximum Gasteiger partial charge on any atom is 0.132 e. The van der Waals surface area contributed by atoms with E-state index in [1.165, 1.54) is 0 Å². The lowest BCUT2D eigenvalue weighted by atomic mass is 9.76. The average molecular weight is 213 g/mol. The van der Waals surface area contributed by atoms with Crippen LogP contribution in [-0.4, -0.2) is 18.2 Å². The van der Waals surface area contributed by atoms with Crippen molar-refractivity contribution in [3.05, 3.63) is 34.5 Å². The summed E-state index contributed by atoms with van der Waals surface area (Å²) in [4.78, 5) is 0. The highest BCUT2D eigenvalue weighted by atomic mass is 19.1. The third-order valence-corrected chi connectivity index (χ3v) is 2.72. The van der Waals surface area contributed by atoms with Crippen molar-refractivity contribution in [3.8, 4) is 0 Å². The number of hydrogen-bond donors (Lipinski definition) is 1. The first-order valence-electron chi connectivity index (χ1n) is 4.59. The highest BCUT2D eigenvalue weighted by molar-refractivity contribution is 5.44. The fourth-order valence-electron chi connectivity index (χ4n) is 2.06. The zero-order valence-corrected chi connectivity index (χ0v) is 8.26. The molecular weight excluding hydrogens is 202 g/mol. The zero-order chi connectivity index (χ0) is 11.2. The number of anilines is 1. The summed E-state index contributed by atoms with van der Waals surface area (Å²) in [6.07, 6.45) is 0. The van der Waals surface area contributed by atoms with Crippen LogP contribution >= 0.6 is 0 Å². The van der Waals surface area contributed by atoms with Crippen LogP contribution in [0.5, 0.6) is 0 Å². The Bertz CT molecular complexity index is 379. The molecule has 2 N–H and O–H groups in total. The van der Waals surface area contributed by atoms with Crippen molar-refractivity contribution >= 4 is 5.69 Å². The highest BCUT2D eigenvalue weighted by Crippen LogP contribution is 2.37. The van der Waals surface area contributed by atoms with E-state index in [1.54, 1.807) is 6.92 Å². The van der Waals surface area contributed by atoms with E-state index in [2.05, 4.69) is 0 Å². The van der Waals surface area contributed by atoms with E-state index in [9.17, 15) is 14.0 Å².